The predicted molar refractivity (Wildman–Crippen MR) is 88.3 cm³/mol. The Hall–Kier alpha value is -1.20. The van der Waals surface area contributed by atoms with Crippen molar-refractivity contribution in [2.75, 3.05) is 19.7 Å². The number of ether oxygens (including phenoxy) is 1. The fourth-order valence-electron chi connectivity index (χ4n) is 2.71. The number of likely N-dealkylation sites (tertiary alicyclic amines) is 1. The Morgan fingerprint density at radius 2 is 2.18 bits per heavy atom. The van der Waals surface area contributed by atoms with Gasteiger partial charge in [-0.3, -0.25) is 9.59 Å². The van der Waals surface area contributed by atoms with Gasteiger partial charge in [-0.15, -0.1) is 11.3 Å². The van der Waals surface area contributed by atoms with Crippen molar-refractivity contribution in [1.29, 1.82) is 0 Å². The van der Waals surface area contributed by atoms with E-state index in [9.17, 15) is 9.59 Å². The molecule has 1 aliphatic rings. The zero-order valence-electron chi connectivity index (χ0n) is 13.3. The predicted octanol–water partition coefficient (Wildman–Crippen LogP) is 3.52. The van der Waals surface area contributed by atoms with Crippen molar-refractivity contribution in [1.82, 2.24) is 4.90 Å². The molecule has 1 amide bonds. The van der Waals surface area contributed by atoms with Crippen molar-refractivity contribution >= 4 is 23.0 Å². The smallest absolute Gasteiger partial charge is 0.223 e. The van der Waals surface area contributed by atoms with E-state index in [4.69, 9.17) is 4.74 Å². The minimum Gasteiger partial charge on any atom is -0.378 e. The molecular formula is C17H25NO3S. The van der Waals surface area contributed by atoms with E-state index >= 15 is 0 Å². The lowest BCUT2D eigenvalue weighted by atomic mass is 10.1. The zero-order chi connectivity index (χ0) is 15.8. The molecule has 0 saturated carbocycles. The molecule has 2 heterocycles. The van der Waals surface area contributed by atoms with E-state index in [1.807, 2.05) is 22.4 Å². The molecule has 1 aromatic rings. The van der Waals surface area contributed by atoms with Gasteiger partial charge in [0.1, 0.15) is 0 Å². The van der Waals surface area contributed by atoms with Crippen molar-refractivity contribution in [3.8, 4) is 0 Å². The van der Waals surface area contributed by atoms with E-state index < -0.39 is 0 Å². The molecule has 0 unspecified atom stereocenters. The largest absolute Gasteiger partial charge is 0.378 e. The third kappa shape index (κ3) is 5.21. The molecule has 1 fully saturated rings. The molecule has 0 N–H and O–H groups in total. The van der Waals surface area contributed by atoms with Crippen LogP contribution in [0.1, 0.15) is 55.1 Å². The molecule has 0 radical (unpaired) electrons. The first-order valence-electron chi connectivity index (χ1n) is 8.16. The maximum atomic E-state index is 12.3. The van der Waals surface area contributed by atoms with Crippen LogP contribution in [-0.2, 0) is 9.53 Å². The lowest BCUT2D eigenvalue weighted by molar-refractivity contribution is -0.131. The fraction of sp³-hybridized carbons (Fsp3) is 0.647. The number of nitrogens with zero attached hydrogens (tertiary/aromatic N) is 1. The lowest BCUT2D eigenvalue weighted by Crippen LogP contribution is -2.32. The first-order valence-corrected chi connectivity index (χ1v) is 9.04. The highest BCUT2D eigenvalue weighted by Crippen LogP contribution is 2.17. The van der Waals surface area contributed by atoms with Gasteiger partial charge in [-0.2, -0.15) is 0 Å². The molecule has 0 aliphatic carbocycles. The number of hydrogen-bond acceptors (Lipinski definition) is 4. The van der Waals surface area contributed by atoms with E-state index in [1.165, 1.54) is 11.3 Å². The van der Waals surface area contributed by atoms with Gasteiger partial charge in [-0.25, -0.2) is 0 Å². The van der Waals surface area contributed by atoms with Gasteiger partial charge in [0.05, 0.1) is 11.0 Å². The molecule has 0 spiro atoms. The summed E-state index contributed by atoms with van der Waals surface area (Å²) in [6.45, 7) is 4.45. The highest BCUT2D eigenvalue weighted by atomic mass is 32.1. The van der Waals surface area contributed by atoms with Gasteiger partial charge in [0, 0.05) is 32.5 Å². The second kappa shape index (κ2) is 9.06. The molecule has 22 heavy (non-hydrogen) atoms. The Bertz CT molecular complexity index is 472. The second-order valence-corrected chi connectivity index (χ2v) is 6.65. The van der Waals surface area contributed by atoms with Crippen LogP contribution >= 0.6 is 11.3 Å². The molecule has 1 atom stereocenters. The van der Waals surface area contributed by atoms with Crippen LogP contribution in [0.5, 0.6) is 0 Å². The number of hydrogen-bond donors (Lipinski definition) is 0. The minimum atomic E-state index is 0.0716. The number of Topliss-reactive ketones (excluding diaryl/α,β-unsaturated/α-hetero) is 1. The number of rotatable bonds is 7. The number of thiophene rings is 1. The third-order valence-electron chi connectivity index (χ3n) is 3.95. The second-order valence-electron chi connectivity index (χ2n) is 5.70. The number of amides is 1. The Balaban J connectivity index is 1.74. The lowest BCUT2D eigenvalue weighted by Gasteiger charge is -2.20. The average Bonchev–Trinajstić information content (AvgIpc) is 2.96. The fourth-order valence-corrected chi connectivity index (χ4v) is 3.40. The minimum absolute atomic E-state index is 0.0716. The third-order valence-corrected chi connectivity index (χ3v) is 4.86. The molecular weight excluding hydrogens is 298 g/mol. The van der Waals surface area contributed by atoms with E-state index in [-0.39, 0.29) is 17.8 Å². The summed E-state index contributed by atoms with van der Waals surface area (Å²) in [6, 6.07) is 3.68. The van der Waals surface area contributed by atoms with Crippen LogP contribution in [0, 0.1) is 0 Å². The summed E-state index contributed by atoms with van der Waals surface area (Å²) in [6.07, 6.45) is 4.86. The summed E-state index contributed by atoms with van der Waals surface area (Å²) in [5.74, 6) is 0.170. The molecule has 122 valence electrons. The van der Waals surface area contributed by atoms with Crippen molar-refractivity contribution in [2.24, 2.45) is 0 Å². The molecule has 1 aromatic heterocycles. The van der Waals surface area contributed by atoms with Crippen LogP contribution in [0.15, 0.2) is 17.5 Å². The molecule has 4 nitrogen and oxygen atoms in total. The first kappa shape index (κ1) is 17.2. The van der Waals surface area contributed by atoms with Crippen LogP contribution in [0.4, 0.5) is 0 Å². The Kier molecular flexibility index (Phi) is 7.06. The molecule has 5 heteroatoms. The highest BCUT2D eigenvalue weighted by Gasteiger charge is 2.21. The van der Waals surface area contributed by atoms with E-state index in [1.54, 1.807) is 0 Å². The molecule has 2 rings (SSSR count). The monoisotopic (exact) mass is 323 g/mol. The van der Waals surface area contributed by atoms with E-state index in [0.717, 1.165) is 50.3 Å². The Morgan fingerprint density at radius 3 is 2.91 bits per heavy atom. The van der Waals surface area contributed by atoms with Gasteiger partial charge in [0.25, 0.3) is 0 Å². The SMILES string of the molecule is CCCO[C@@H]1CCCN(C(=O)CCC(=O)c2cccs2)CC1. The molecule has 1 aliphatic heterocycles. The molecule has 0 aromatic carbocycles. The summed E-state index contributed by atoms with van der Waals surface area (Å²) in [4.78, 5) is 26.9. The maximum Gasteiger partial charge on any atom is 0.223 e. The van der Waals surface area contributed by atoms with Crippen molar-refractivity contribution in [3.63, 3.8) is 0 Å². The molecule has 1 saturated heterocycles. The summed E-state index contributed by atoms with van der Waals surface area (Å²) < 4.78 is 5.80. The maximum absolute atomic E-state index is 12.3. The van der Waals surface area contributed by atoms with E-state index in [0.29, 0.717) is 12.8 Å². The average molecular weight is 323 g/mol. The number of carbonyl (C=O) groups excluding carboxylic acids is 2. The normalized spacial score (nSPS) is 19.0. The summed E-state index contributed by atoms with van der Waals surface area (Å²) in [7, 11) is 0. The van der Waals surface area contributed by atoms with Gasteiger partial charge >= 0.3 is 0 Å². The topological polar surface area (TPSA) is 46.6 Å². The van der Waals surface area contributed by atoms with Gasteiger partial charge < -0.3 is 9.64 Å². The van der Waals surface area contributed by atoms with Crippen molar-refractivity contribution in [2.45, 2.75) is 51.6 Å². The van der Waals surface area contributed by atoms with Gasteiger partial charge in [-0.05, 0) is 37.1 Å². The quantitative estimate of drug-likeness (QED) is 0.721. The van der Waals surface area contributed by atoms with Crippen LogP contribution in [0.3, 0.4) is 0 Å². The van der Waals surface area contributed by atoms with Gasteiger partial charge in [-0.1, -0.05) is 13.0 Å². The summed E-state index contributed by atoms with van der Waals surface area (Å²) in [5.41, 5.74) is 0. The summed E-state index contributed by atoms with van der Waals surface area (Å²) >= 11 is 1.44. The van der Waals surface area contributed by atoms with Gasteiger partial charge in [0.2, 0.25) is 5.91 Å². The standard InChI is InChI=1S/C17H25NO3S/c1-2-12-21-14-5-3-10-18(11-9-14)17(20)8-7-15(19)16-6-4-13-22-16/h4,6,13-14H,2-3,5,7-12H2,1H3/t14-/m1/s1. The van der Waals surface area contributed by atoms with Crippen LogP contribution in [0.25, 0.3) is 0 Å². The van der Waals surface area contributed by atoms with Crippen LogP contribution in [0.2, 0.25) is 0 Å². The van der Waals surface area contributed by atoms with Crippen LogP contribution in [-0.4, -0.2) is 42.4 Å². The molecule has 0 bridgehead atoms. The van der Waals surface area contributed by atoms with Crippen LogP contribution < -0.4 is 0 Å². The first-order chi connectivity index (χ1) is 10.7. The Morgan fingerprint density at radius 1 is 1.32 bits per heavy atom. The highest BCUT2D eigenvalue weighted by molar-refractivity contribution is 7.12. The van der Waals surface area contributed by atoms with Crippen molar-refractivity contribution < 1.29 is 14.3 Å². The summed E-state index contributed by atoms with van der Waals surface area (Å²) in [5, 5.41) is 1.89. The number of ketones is 1. The zero-order valence-corrected chi connectivity index (χ0v) is 14.1. The van der Waals surface area contributed by atoms with Gasteiger partial charge in [0.15, 0.2) is 5.78 Å². The van der Waals surface area contributed by atoms with E-state index in [2.05, 4.69) is 6.92 Å². The number of carbonyl (C=O) groups is 2. The van der Waals surface area contributed by atoms with Crippen molar-refractivity contribution in [3.05, 3.63) is 22.4 Å². The Labute approximate surface area is 136 Å².